The topological polar surface area (TPSA) is 32.9 Å². The molecule has 2 nitrogen and oxygen atoms in total. The third-order valence-corrected chi connectivity index (χ3v) is 3.96. The van der Waals surface area contributed by atoms with E-state index in [4.69, 9.17) is 0 Å². The number of H-pyrrole nitrogens is 1. The Hall–Kier alpha value is -1.64. The van der Waals surface area contributed by atoms with Crippen molar-refractivity contribution in [1.82, 2.24) is 4.98 Å². The van der Waals surface area contributed by atoms with E-state index < -0.39 is 0 Å². The summed E-state index contributed by atoms with van der Waals surface area (Å²) in [5, 5.41) is 0.483. The van der Waals surface area contributed by atoms with E-state index in [0.29, 0.717) is 16.8 Å². The Bertz CT molecular complexity index is 653. The third kappa shape index (κ3) is 1.74. The van der Waals surface area contributed by atoms with E-state index in [9.17, 15) is 9.18 Å². The van der Waals surface area contributed by atoms with Crippen LogP contribution in [0.3, 0.4) is 0 Å². The molecule has 1 heterocycles. The van der Waals surface area contributed by atoms with Gasteiger partial charge in [0.25, 0.3) is 0 Å². The molecule has 0 unspecified atom stereocenters. The van der Waals surface area contributed by atoms with Crippen molar-refractivity contribution in [2.24, 2.45) is 0 Å². The molecule has 0 atom stereocenters. The lowest BCUT2D eigenvalue weighted by atomic mass is 10.0. The molecule has 1 saturated carbocycles. The van der Waals surface area contributed by atoms with Gasteiger partial charge in [0.15, 0.2) is 5.43 Å². The van der Waals surface area contributed by atoms with E-state index in [0.717, 1.165) is 24.1 Å². The summed E-state index contributed by atoms with van der Waals surface area (Å²) in [6.07, 6.45) is 4.58. The Balaban J connectivity index is 2.26. The first-order chi connectivity index (χ1) is 8.66. The molecule has 1 aromatic heterocycles. The fourth-order valence-electron chi connectivity index (χ4n) is 2.97. The molecule has 0 amide bonds. The number of hydrogen-bond acceptors (Lipinski definition) is 1. The number of rotatable bonds is 1. The number of aromatic amines is 1. The molecule has 18 heavy (non-hydrogen) atoms. The van der Waals surface area contributed by atoms with Crippen LogP contribution in [0, 0.1) is 12.7 Å². The molecule has 94 valence electrons. The van der Waals surface area contributed by atoms with Crippen molar-refractivity contribution < 1.29 is 4.39 Å². The highest BCUT2D eigenvalue weighted by Gasteiger charge is 2.19. The summed E-state index contributed by atoms with van der Waals surface area (Å²) in [6, 6.07) is 4.74. The summed E-state index contributed by atoms with van der Waals surface area (Å²) in [7, 11) is 0. The zero-order valence-electron chi connectivity index (χ0n) is 10.4. The third-order valence-electron chi connectivity index (χ3n) is 3.96. The molecule has 0 saturated heterocycles. The van der Waals surface area contributed by atoms with Crippen LogP contribution in [0.5, 0.6) is 0 Å². The SMILES string of the molecule is Cc1ccc(F)c2[nH]c(C3CCCC3)cc(=O)c12. The van der Waals surface area contributed by atoms with Gasteiger partial charge in [-0.15, -0.1) is 0 Å². The Kier molecular flexibility index (Phi) is 2.69. The number of halogens is 1. The second kappa shape index (κ2) is 4.23. The zero-order valence-corrected chi connectivity index (χ0v) is 10.4. The summed E-state index contributed by atoms with van der Waals surface area (Å²) < 4.78 is 13.8. The number of benzene rings is 1. The number of fused-ring (bicyclic) bond motifs is 1. The van der Waals surface area contributed by atoms with E-state index >= 15 is 0 Å². The number of pyridine rings is 1. The van der Waals surface area contributed by atoms with E-state index in [-0.39, 0.29) is 11.2 Å². The molecule has 3 heteroatoms. The lowest BCUT2D eigenvalue weighted by Gasteiger charge is -2.11. The molecule has 1 aliphatic carbocycles. The Labute approximate surface area is 105 Å². The van der Waals surface area contributed by atoms with Crippen LogP contribution in [0.15, 0.2) is 23.0 Å². The molecule has 1 fully saturated rings. The van der Waals surface area contributed by atoms with Gasteiger partial charge in [-0.3, -0.25) is 4.79 Å². The standard InChI is InChI=1S/C15H16FNO/c1-9-6-7-11(16)15-14(9)13(18)8-12(17-15)10-4-2-3-5-10/h6-8,10H,2-5H2,1H3,(H,17,18). The highest BCUT2D eigenvalue weighted by molar-refractivity contribution is 5.82. The fraction of sp³-hybridized carbons (Fsp3) is 0.400. The van der Waals surface area contributed by atoms with Crippen molar-refractivity contribution in [2.75, 3.05) is 0 Å². The average Bonchev–Trinajstić information content (AvgIpc) is 2.87. The van der Waals surface area contributed by atoms with Gasteiger partial charge in [0.1, 0.15) is 5.82 Å². The van der Waals surface area contributed by atoms with Crippen molar-refractivity contribution in [1.29, 1.82) is 0 Å². The molecular weight excluding hydrogens is 229 g/mol. The van der Waals surface area contributed by atoms with Crippen molar-refractivity contribution in [3.05, 3.63) is 45.5 Å². The summed E-state index contributed by atoms with van der Waals surface area (Å²) >= 11 is 0. The first-order valence-electron chi connectivity index (χ1n) is 6.49. The molecule has 3 rings (SSSR count). The second-order valence-corrected chi connectivity index (χ2v) is 5.18. The highest BCUT2D eigenvalue weighted by Crippen LogP contribution is 2.33. The smallest absolute Gasteiger partial charge is 0.190 e. The average molecular weight is 245 g/mol. The van der Waals surface area contributed by atoms with Crippen molar-refractivity contribution in [3.63, 3.8) is 0 Å². The number of aryl methyl sites for hydroxylation is 1. The summed E-state index contributed by atoms with van der Waals surface area (Å²) in [6.45, 7) is 1.84. The normalized spacial score (nSPS) is 16.6. The van der Waals surface area contributed by atoms with Crippen LogP contribution < -0.4 is 5.43 Å². The van der Waals surface area contributed by atoms with Gasteiger partial charge < -0.3 is 4.98 Å². The van der Waals surface area contributed by atoms with Crippen LogP contribution in [0.1, 0.15) is 42.9 Å². The molecule has 2 aromatic rings. The Morgan fingerprint density at radius 1 is 1.28 bits per heavy atom. The predicted octanol–water partition coefficient (Wildman–Crippen LogP) is 3.63. The summed E-state index contributed by atoms with van der Waals surface area (Å²) in [5.41, 5.74) is 2.02. The van der Waals surface area contributed by atoms with Gasteiger partial charge in [0, 0.05) is 11.8 Å². The second-order valence-electron chi connectivity index (χ2n) is 5.18. The zero-order chi connectivity index (χ0) is 12.7. The van der Waals surface area contributed by atoms with Crippen LogP contribution in [0.4, 0.5) is 4.39 Å². The van der Waals surface area contributed by atoms with Gasteiger partial charge >= 0.3 is 0 Å². The van der Waals surface area contributed by atoms with Crippen molar-refractivity contribution >= 4 is 10.9 Å². The van der Waals surface area contributed by atoms with Crippen LogP contribution in [0.2, 0.25) is 0 Å². The first-order valence-corrected chi connectivity index (χ1v) is 6.49. The number of nitrogens with one attached hydrogen (secondary N) is 1. The van der Waals surface area contributed by atoms with Gasteiger partial charge in [0.2, 0.25) is 0 Å². The van der Waals surface area contributed by atoms with Crippen LogP contribution in [-0.2, 0) is 0 Å². The minimum absolute atomic E-state index is 0.0670. The quantitative estimate of drug-likeness (QED) is 0.817. The van der Waals surface area contributed by atoms with Gasteiger partial charge in [-0.05, 0) is 37.3 Å². The van der Waals surface area contributed by atoms with Gasteiger partial charge in [-0.25, -0.2) is 4.39 Å². The molecule has 0 aliphatic heterocycles. The molecule has 0 radical (unpaired) electrons. The molecule has 0 bridgehead atoms. The van der Waals surface area contributed by atoms with E-state index in [1.807, 2.05) is 6.92 Å². The Morgan fingerprint density at radius 2 is 2.00 bits per heavy atom. The molecular formula is C15H16FNO. The molecule has 1 N–H and O–H groups in total. The van der Waals surface area contributed by atoms with Crippen LogP contribution in [0.25, 0.3) is 10.9 Å². The number of aromatic nitrogens is 1. The minimum Gasteiger partial charge on any atom is -0.356 e. The lowest BCUT2D eigenvalue weighted by molar-refractivity contribution is 0.633. The maximum Gasteiger partial charge on any atom is 0.190 e. The van der Waals surface area contributed by atoms with Crippen LogP contribution >= 0.6 is 0 Å². The highest BCUT2D eigenvalue weighted by atomic mass is 19.1. The van der Waals surface area contributed by atoms with E-state index in [2.05, 4.69) is 4.98 Å². The van der Waals surface area contributed by atoms with Gasteiger partial charge in [0.05, 0.1) is 10.9 Å². The molecule has 1 aromatic carbocycles. The molecule has 1 aliphatic rings. The summed E-state index contributed by atoms with van der Waals surface area (Å²) in [4.78, 5) is 15.3. The van der Waals surface area contributed by atoms with Gasteiger partial charge in [-0.2, -0.15) is 0 Å². The fourth-order valence-corrected chi connectivity index (χ4v) is 2.97. The monoisotopic (exact) mass is 245 g/mol. The van der Waals surface area contributed by atoms with Crippen LogP contribution in [-0.4, -0.2) is 4.98 Å². The van der Waals surface area contributed by atoms with E-state index in [1.54, 1.807) is 12.1 Å². The summed E-state index contributed by atoms with van der Waals surface area (Å²) in [5.74, 6) is 0.0505. The van der Waals surface area contributed by atoms with Crippen molar-refractivity contribution in [3.8, 4) is 0 Å². The minimum atomic E-state index is -0.340. The number of hydrogen-bond donors (Lipinski definition) is 1. The largest absolute Gasteiger partial charge is 0.356 e. The molecule has 0 spiro atoms. The van der Waals surface area contributed by atoms with Gasteiger partial charge in [-0.1, -0.05) is 18.9 Å². The predicted molar refractivity (Wildman–Crippen MR) is 70.5 cm³/mol. The first kappa shape index (κ1) is 11.5. The van der Waals surface area contributed by atoms with Crippen molar-refractivity contribution in [2.45, 2.75) is 38.5 Å². The van der Waals surface area contributed by atoms with E-state index in [1.165, 1.54) is 18.9 Å². The Morgan fingerprint density at radius 3 is 2.72 bits per heavy atom. The maximum atomic E-state index is 13.8. The lowest BCUT2D eigenvalue weighted by Crippen LogP contribution is -2.09. The maximum absolute atomic E-state index is 13.8.